The smallest absolute Gasteiger partial charge is 0.343 e. The number of halogens is 1. The zero-order chi connectivity index (χ0) is 19.0. The quantitative estimate of drug-likeness (QED) is 0.394. The van der Waals surface area contributed by atoms with Gasteiger partial charge in [0.25, 0.3) is 11.8 Å². The van der Waals surface area contributed by atoms with Gasteiger partial charge < -0.3 is 4.74 Å². The van der Waals surface area contributed by atoms with Crippen LogP contribution in [-0.4, -0.2) is 27.8 Å². The zero-order valence-electron chi connectivity index (χ0n) is 13.6. The number of aromatic nitrogens is 2. The highest BCUT2D eigenvalue weighted by Crippen LogP contribution is 2.27. The molecule has 0 bridgehead atoms. The van der Waals surface area contributed by atoms with Crippen molar-refractivity contribution in [3.8, 4) is 5.75 Å². The number of rotatable bonds is 3. The van der Waals surface area contributed by atoms with E-state index in [1.807, 2.05) is 0 Å². The number of ether oxygens (including phenoxy) is 1. The van der Waals surface area contributed by atoms with Crippen LogP contribution >= 0.6 is 11.6 Å². The summed E-state index contributed by atoms with van der Waals surface area (Å²) in [6, 6.07) is 12.3. The molecule has 27 heavy (non-hydrogen) atoms. The number of esters is 1. The summed E-state index contributed by atoms with van der Waals surface area (Å²) in [4.78, 5) is 45.7. The van der Waals surface area contributed by atoms with Crippen molar-refractivity contribution in [3.63, 3.8) is 0 Å². The Kier molecular flexibility index (Phi) is 4.13. The van der Waals surface area contributed by atoms with Gasteiger partial charge in [0, 0.05) is 11.2 Å². The number of carbonyl (C=O) groups is 3. The predicted octanol–water partition coefficient (Wildman–Crippen LogP) is 3.15. The number of hydrogen-bond donors (Lipinski definition) is 0. The molecule has 2 aromatic carbocycles. The molecule has 0 fully saturated rings. The van der Waals surface area contributed by atoms with Crippen molar-refractivity contribution in [1.82, 2.24) is 9.97 Å². The lowest BCUT2D eigenvalue weighted by Gasteiger charge is -2.13. The van der Waals surface area contributed by atoms with E-state index in [0.717, 1.165) is 4.90 Å². The third-order valence-electron chi connectivity index (χ3n) is 3.94. The van der Waals surface area contributed by atoms with Gasteiger partial charge in [-0.3, -0.25) is 9.59 Å². The average Bonchev–Trinajstić information content (AvgIpc) is 2.95. The van der Waals surface area contributed by atoms with Crippen molar-refractivity contribution in [1.29, 1.82) is 0 Å². The Hall–Kier alpha value is -3.58. The van der Waals surface area contributed by atoms with Gasteiger partial charge in [-0.25, -0.2) is 19.7 Å². The summed E-state index contributed by atoms with van der Waals surface area (Å²) in [5.41, 5.74) is 0.797. The minimum Gasteiger partial charge on any atom is -0.423 e. The molecule has 0 radical (unpaired) electrons. The fourth-order valence-electron chi connectivity index (χ4n) is 2.62. The number of anilines is 1. The molecule has 4 rings (SSSR count). The van der Waals surface area contributed by atoms with Gasteiger partial charge in [0.15, 0.2) is 0 Å². The summed E-state index contributed by atoms with van der Waals surface area (Å²) >= 11 is 5.79. The molecule has 0 aliphatic carbocycles. The van der Waals surface area contributed by atoms with E-state index in [0.29, 0.717) is 16.5 Å². The lowest BCUT2D eigenvalue weighted by Crippen LogP contribution is -2.29. The monoisotopic (exact) mass is 379 g/mol. The average molecular weight is 380 g/mol. The maximum atomic E-state index is 12.4. The lowest BCUT2D eigenvalue weighted by atomic mass is 10.2. The molecular formula is C19H10ClN3O4. The molecule has 7 nitrogen and oxygen atoms in total. The van der Waals surface area contributed by atoms with Gasteiger partial charge in [-0.2, -0.15) is 0 Å². The number of fused-ring (bicyclic) bond motifs is 1. The molecule has 0 saturated carbocycles. The fraction of sp³-hybridized carbons (Fsp3) is 0. The number of benzene rings is 2. The molecular weight excluding hydrogens is 370 g/mol. The van der Waals surface area contributed by atoms with Gasteiger partial charge in [-0.15, -0.1) is 0 Å². The molecule has 3 aromatic rings. The lowest BCUT2D eigenvalue weighted by molar-refractivity contribution is 0.0734. The minimum atomic E-state index is -0.572. The first-order valence-corrected chi connectivity index (χ1v) is 8.19. The second-order valence-electron chi connectivity index (χ2n) is 5.62. The van der Waals surface area contributed by atoms with Crippen molar-refractivity contribution < 1.29 is 19.1 Å². The summed E-state index contributed by atoms with van der Waals surface area (Å²) < 4.78 is 5.25. The van der Waals surface area contributed by atoms with Crippen LogP contribution in [0.5, 0.6) is 5.75 Å². The van der Waals surface area contributed by atoms with E-state index in [-0.39, 0.29) is 16.8 Å². The first-order chi connectivity index (χ1) is 13.0. The van der Waals surface area contributed by atoms with Gasteiger partial charge in [0.05, 0.1) is 16.8 Å². The van der Waals surface area contributed by atoms with Crippen LogP contribution in [0.15, 0.2) is 61.1 Å². The number of imide groups is 1. The molecule has 0 saturated heterocycles. The summed E-state index contributed by atoms with van der Waals surface area (Å²) in [5.74, 6) is -1.26. The number of carbonyl (C=O) groups excluding carboxylic acids is 3. The molecule has 2 amide bonds. The normalized spacial score (nSPS) is 12.9. The Morgan fingerprint density at radius 3 is 2.33 bits per heavy atom. The van der Waals surface area contributed by atoms with Crippen LogP contribution in [0, 0.1) is 0 Å². The number of hydrogen-bond acceptors (Lipinski definition) is 6. The van der Waals surface area contributed by atoms with E-state index in [9.17, 15) is 14.4 Å². The maximum absolute atomic E-state index is 12.4. The number of nitrogens with zero attached hydrogens (tertiary/aromatic N) is 3. The molecule has 2 heterocycles. The van der Waals surface area contributed by atoms with E-state index in [1.54, 1.807) is 24.3 Å². The van der Waals surface area contributed by atoms with Gasteiger partial charge in [0.2, 0.25) is 0 Å². The second-order valence-corrected chi connectivity index (χ2v) is 6.06. The Morgan fingerprint density at radius 1 is 0.963 bits per heavy atom. The van der Waals surface area contributed by atoms with Gasteiger partial charge >= 0.3 is 5.97 Å². The molecule has 0 spiro atoms. The first-order valence-electron chi connectivity index (χ1n) is 7.81. The van der Waals surface area contributed by atoms with Crippen LogP contribution < -0.4 is 9.64 Å². The highest BCUT2D eigenvalue weighted by Gasteiger charge is 2.38. The predicted molar refractivity (Wildman–Crippen MR) is 96.0 cm³/mol. The first kappa shape index (κ1) is 16.9. The zero-order valence-corrected chi connectivity index (χ0v) is 14.4. The van der Waals surface area contributed by atoms with Crippen molar-refractivity contribution >= 4 is 35.1 Å². The summed E-state index contributed by atoms with van der Waals surface area (Å²) in [5, 5.41) is 0.532. The van der Waals surface area contributed by atoms with Crippen LogP contribution in [0.4, 0.5) is 5.69 Å². The van der Waals surface area contributed by atoms with Gasteiger partial charge in [0.1, 0.15) is 17.8 Å². The number of amides is 2. The summed E-state index contributed by atoms with van der Waals surface area (Å²) in [6.45, 7) is 0. The highest BCUT2D eigenvalue weighted by atomic mass is 35.5. The van der Waals surface area contributed by atoms with Crippen LogP contribution in [0.1, 0.15) is 31.2 Å². The van der Waals surface area contributed by atoms with Crippen molar-refractivity contribution in [2.75, 3.05) is 4.90 Å². The Morgan fingerprint density at radius 2 is 1.67 bits per heavy atom. The minimum absolute atomic E-state index is 0.0567. The van der Waals surface area contributed by atoms with Gasteiger partial charge in [-0.1, -0.05) is 11.6 Å². The molecule has 1 aromatic heterocycles. The molecule has 1 aliphatic heterocycles. The Bertz CT molecular complexity index is 1030. The van der Waals surface area contributed by atoms with Crippen molar-refractivity contribution in [3.05, 3.63) is 82.9 Å². The topological polar surface area (TPSA) is 89.5 Å². The molecule has 0 atom stereocenters. The van der Waals surface area contributed by atoms with E-state index in [4.69, 9.17) is 16.3 Å². The maximum Gasteiger partial charge on any atom is 0.343 e. The Labute approximate surface area is 158 Å². The summed E-state index contributed by atoms with van der Waals surface area (Å²) in [7, 11) is 0. The van der Waals surface area contributed by atoms with Gasteiger partial charge in [-0.05, 0) is 48.5 Å². The van der Waals surface area contributed by atoms with E-state index in [2.05, 4.69) is 9.97 Å². The van der Waals surface area contributed by atoms with E-state index < -0.39 is 17.8 Å². The molecule has 132 valence electrons. The van der Waals surface area contributed by atoms with Crippen molar-refractivity contribution in [2.24, 2.45) is 0 Å². The Balaban J connectivity index is 1.54. The largest absolute Gasteiger partial charge is 0.423 e. The van der Waals surface area contributed by atoms with E-state index >= 15 is 0 Å². The van der Waals surface area contributed by atoms with Crippen LogP contribution in [0.3, 0.4) is 0 Å². The van der Waals surface area contributed by atoms with Crippen LogP contribution in [-0.2, 0) is 0 Å². The molecule has 0 unspecified atom stereocenters. The van der Waals surface area contributed by atoms with Crippen LogP contribution in [0.2, 0.25) is 5.02 Å². The third kappa shape index (κ3) is 3.04. The summed E-state index contributed by atoms with van der Waals surface area (Å²) in [6.07, 6.45) is 2.52. The standard InChI is InChI=1S/C19H10ClN3O4/c20-12-3-7-14(8-4-12)27-19(26)11-1-5-13(6-2-11)23-17(24)15-9-21-10-22-16(15)18(23)25/h1-10H. The van der Waals surface area contributed by atoms with Crippen molar-refractivity contribution in [2.45, 2.75) is 0 Å². The second kappa shape index (κ2) is 6.62. The SMILES string of the molecule is O=C(Oc1ccc(Cl)cc1)c1ccc(N2C(=O)c3cncnc3C2=O)cc1. The third-order valence-corrected chi connectivity index (χ3v) is 4.19. The van der Waals surface area contributed by atoms with Crippen LogP contribution in [0.25, 0.3) is 0 Å². The molecule has 1 aliphatic rings. The fourth-order valence-corrected chi connectivity index (χ4v) is 2.75. The van der Waals surface area contributed by atoms with E-state index in [1.165, 1.54) is 36.8 Å². The highest BCUT2D eigenvalue weighted by molar-refractivity contribution is 6.33. The molecule has 8 heteroatoms. The molecule has 0 N–H and O–H groups in total.